The molecule has 0 bridgehead atoms. The minimum Gasteiger partial charge on any atom is -0.481 e. The van der Waals surface area contributed by atoms with Gasteiger partial charge in [-0.25, -0.2) is 4.98 Å². The Balaban J connectivity index is 3.00. The quantitative estimate of drug-likeness (QED) is 0.634. The van der Waals surface area contributed by atoms with E-state index in [0.29, 0.717) is 11.4 Å². The van der Waals surface area contributed by atoms with Gasteiger partial charge in [0, 0.05) is 12.1 Å². The summed E-state index contributed by atoms with van der Waals surface area (Å²) < 4.78 is 0. The van der Waals surface area contributed by atoms with Crippen LogP contribution in [0.15, 0.2) is 12.3 Å². The van der Waals surface area contributed by atoms with Crippen LogP contribution in [0.25, 0.3) is 0 Å². The lowest BCUT2D eigenvalue weighted by Gasteiger charge is -2.31. The Morgan fingerprint density at radius 3 is 2.55 bits per heavy atom. The number of carbonyl (C=O) groups is 1. The molecule has 2 N–H and O–H groups in total. The predicted octanol–water partition coefficient (Wildman–Crippen LogP) is 2.60. The number of nitro groups is 1. The number of pyridine rings is 1. The van der Waals surface area contributed by atoms with Crippen molar-refractivity contribution in [2.45, 2.75) is 40.2 Å². The molecule has 0 aliphatic carbocycles. The smallest absolute Gasteiger partial charge is 0.305 e. The monoisotopic (exact) mass is 281 g/mol. The number of carboxylic acids is 1. The molecule has 0 radical (unpaired) electrons. The first kappa shape index (κ1) is 15.9. The molecular formula is C13H19N3O4. The third-order valence-corrected chi connectivity index (χ3v) is 3.01. The summed E-state index contributed by atoms with van der Waals surface area (Å²) in [5.41, 5.74) is 0.242. The molecule has 0 aromatic carbocycles. The Morgan fingerprint density at radius 2 is 2.15 bits per heavy atom. The van der Waals surface area contributed by atoms with E-state index in [1.54, 1.807) is 6.92 Å². The first-order valence-electron chi connectivity index (χ1n) is 6.20. The maximum Gasteiger partial charge on any atom is 0.305 e. The van der Waals surface area contributed by atoms with Gasteiger partial charge in [0.25, 0.3) is 5.69 Å². The standard InChI is InChI=1S/C13H19N3O4/c1-8-5-9(16(19)20)7-14-12(8)15-10(6-11(17)18)13(2,3)4/h5,7,10H,6H2,1-4H3,(H,14,15)(H,17,18). The van der Waals surface area contributed by atoms with E-state index >= 15 is 0 Å². The van der Waals surface area contributed by atoms with Gasteiger partial charge < -0.3 is 10.4 Å². The second-order valence-corrected chi connectivity index (χ2v) is 5.78. The first-order valence-corrected chi connectivity index (χ1v) is 6.20. The van der Waals surface area contributed by atoms with E-state index in [2.05, 4.69) is 10.3 Å². The topological polar surface area (TPSA) is 105 Å². The van der Waals surface area contributed by atoms with Crippen molar-refractivity contribution in [1.82, 2.24) is 4.98 Å². The molecule has 0 fully saturated rings. The first-order chi connectivity index (χ1) is 9.11. The summed E-state index contributed by atoms with van der Waals surface area (Å²) >= 11 is 0. The third-order valence-electron chi connectivity index (χ3n) is 3.01. The van der Waals surface area contributed by atoms with Crippen LogP contribution in [0, 0.1) is 22.5 Å². The molecule has 0 aliphatic heterocycles. The van der Waals surface area contributed by atoms with E-state index in [-0.39, 0.29) is 23.6 Å². The number of nitrogens with zero attached hydrogens (tertiary/aromatic N) is 2. The molecule has 110 valence electrons. The van der Waals surface area contributed by atoms with Crippen LogP contribution >= 0.6 is 0 Å². The highest BCUT2D eigenvalue weighted by atomic mass is 16.6. The number of carboxylic acid groups (broad SMARTS) is 1. The number of hydrogen-bond acceptors (Lipinski definition) is 5. The van der Waals surface area contributed by atoms with Crippen molar-refractivity contribution in [1.29, 1.82) is 0 Å². The van der Waals surface area contributed by atoms with Gasteiger partial charge in [-0.05, 0) is 17.9 Å². The zero-order chi connectivity index (χ0) is 15.5. The van der Waals surface area contributed by atoms with Crippen molar-refractivity contribution in [3.63, 3.8) is 0 Å². The van der Waals surface area contributed by atoms with Gasteiger partial charge in [-0.15, -0.1) is 0 Å². The Bertz CT molecular complexity index is 523. The molecule has 0 saturated carbocycles. The molecule has 1 unspecified atom stereocenters. The Labute approximate surface area is 117 Å². The Kier molecular flexibility index (Phi) is 4.65. The summed E-state index contributed by atoms with van der Waals surface area (Å²) in [7, 11) is 0. The highest BCUT2D eigenvalue weighted by Gasteiger charge is 2.27. The average Bonchev–Trinajstić information content (AvgIpc) is 2.28. The van der Waals surface area contributed by atoms with Gasteiger partial charge in [0.1, 0.15) is 12.0 Å². The van der Waals surface area contributed by atoms with Gasteiger partial charge in [-0.2, -0.15) is 0 Å². The van der Waals surface area contributed by atoms with Crippen molar-refractivity contribution in [3.8, 4) is 0 Å². The molecule has 1 rings (SSSR count). The largest absolute Gasteiger partial charge is 0.481 e. The van der Waals surface area contributed by atoms with Gasteiger partial charge in [-0.3, -0.25) is 14.9 Å². The summed E-state index contributed by atoms with van der Waals surface area (Å²) in [6.45, 7) is 7.47. The predicted molar refractivity (Wildman–Crippen MR) is 74.7 cm³/mol. The van der Waals surface area contributed by atoms with Gasteiger partial charge in [0.05, 0.1) is 11.3 Å². The lowest BCUT2D eigenvalue weighted by Crippen LogP contribution is -2.36. The summed E-state index contributed by atoms with van der Waals surface area (Å²) in [6, 6.07) is 1.09. The average molecular weight is 281 g/mol. The number of rotatable bonds is 5. The van der Waals surface area contributed by atoms with Crippen LogP contribution in [0.3, 0.4) is 0 Å². The molecule has 1 heterocycles. The van der Waals surface area contributed by atoms with E-state index in [0.717, 1.165) is 6.20 Å². The maximum atomic E-state index is 10.9. The van der Waals surface area contributed by atoms with E-state index < -0.39 is 10.9 Å². The van der Waals surface area contributed by atoms with Crippen molar-refractivity contribution >= 4 is 17.5 Å². The van der Waals surface area contributed by atoms with Crippen LogP contribution in [0.4, 0.5) is 11.5 Å². The molecule has 7 nitrogen and oxygen atoms in total. The Morgan fingerprint density at radius 1 is 1.55 bits per heavy atom. The number of aromatic nitrogens is 1. The normalized spacial score (nSPS) is 12.8. The summed E-state index contributed by atoms with van der Waals surface area (Å²) in [4.78, 5) is 25.1. The van der Waals surface area contributed by atoms with Gasteiger partial charge >= 0.3 is 5.97 Å². The fourth-order valence-electron chi connectivity index (χ4n) is 1.72. The molecule has 1 atom stereocenters. The molecule has 20 heavy (non-hydrogen) atoms. The zero-order valence-electron chi connectivity index (χ0n) is 12.0. The molecular weight excluding hydrogens is 262 g/mol. The van der Waals surface area contributed by atoms with Crippen molar-refractivity contribution < 1.29 is 14.8 Å². The number of anilines is 1. The SMILES string of the molecule is Cc1cc([N+](=O)[O-])cnc1NC(CC(=O)O)C(C)(C)C. The molecule has 0 spiro atoms. The van der Waals surface area contributed by atoms with E-state index in [9.17, 15) is 14.9 Å². The minimum atomic E-state index is -0.906. The number of aryl methyl sites for hydroxylation is 1. The van der Waals surface area contributed by atoms with Crippen molar-refractivity contribution in [3.05, 3.63) is 27.9 Å². The second kappa shape index (κ2) is 5.85. The van der Waals surface area contributed by atoms with Gasteiger partial charge in [-0.1, -0.05) is 20.8 Å². The molecule has 7 heteroatoms. The van der Waals surface area contributed by atoms with Gasteiger partial charge in [0.2, 0.25) is 0 Å². The van der Waals surface area contributed by atoms with Crippen molar-refractivity contribution in [2.75, 3.05) is 5.32 Å². The summed E-state index contributed by atoms with van der Waals surface area (Å²) in [5, 5.41) is 22.7. The number of nitrogens with one attached hydrogen (secondary N) is 1. The van der Waals surface area contributed by atoms with Crippen LogP contribution in [-0.2, 0) is 4.79 Å². The number of hydrogen-bond donors (Lipinski definition) is 2. The zero-order valence-corrected chi connectivity index (χ0v) is 12.0. The van der Waals surface area contributed by atoms with E-state index in [1.165, 1.54) is 6.07 Å². The molecule has 0 amide bonds. The number of aliphatic carboxylic acids is 1. The third kappa shape index (κ3) is 4.18. The molecule has 1 aromatic heterocycles. The van der Waals surface area contributed by atoms with E-state index in [4.69, 9.17) is 5.11 Å². The van der Waals surface area contributed by atoms with Crippen LogP contribution in [-0.4, -0.2) is 27.0 Å². The summed E-state index contributed by atoms with van der Waals surface area (Å²) in [6.07, 6.45) is 1.11. The molecule has 1 aromatic rings. The minimum absolute atomic E-state index is 0.0540. The fourth-order valence-corrected chi connectivity index (χ4v) is 1.72. The highest BCUT2D eigenvalue weighted by molar-refractivity contribution is 5.68. The van der Waals surface area contributed by atoms with E-state index in [1.807, 2.05) is 20.8 Å². The molecule has 0 saturated heterocycles. The highest BCUT2D eigenvalue weighted by Crippen LogP contribution is 2.27. The summed E-state index contributed by atoms with van der Waals surface area (Å²) in [5.74, 6) is -0.436. The van der Waals surface area contributed by atoms with Crippen LogP contribution < -0.4 is 5.32 Å². The van der Waals surface area contributed by atoms with Crippen molar-refractivity contribution in [2.24, 2.45) is 5.41 Å². The van der Waals surface area contributed by atoms with Crippen LogP contribution in [0.1, 0.15) is 32.8 Å². The van der Waals surface area contributed by atoms with Crippen LogP contribution in [0.2, 0.25) is 0 Å². The lowest BCUT2D eigenvalue weighted by atomic mass is 9.84. The van der Waals surface area contributed by atoms with Crippen LogP contribution in [0.5, 0.6) is 0 Å². The maximum absolute atomic E-state index is 10.9. The molecule has 0 aliphatic rings. The lowest BCUT2D eigenvalue weighted by molar-refractivity contribution is -0.385. The fraction of sp³-hybridized carbons (Fsp3) is 0.538. The van der Waals surface area contributed by atoms with Gasteiger partial charge in [0.15, 0.2) is 0 Å². The Hall–Kier alpha value is -2.18. The second-order valence-electron chi connectivity index (χ2n) is 5.78.